The molecule has 0 radical (unpaired) electrons. The first-order valence-corrected chi connectivity index (χ1v) is 5.78. The lowest BCUT2D eigenvalue weighted by molar-refractivity contribution is 0.599. The maximum atomic E-state index is 11.0. The second kappa shape index (κ2) is 2.27. The van der Waals surface area contributed by atoms with Crippen molar-refractivity contribution >= 4 is 26.1 Å². The van der Waals surface area contributed by atoms with E-state index in [9.17, 15) is 8.42 Å². The molecule has 0 aromatic carbocycles. The van der Waals surface area contributed by atoms with Crippen molar-refractivity contribution in [2.45, 2.75) is 4.34 Å². The van der Waals surface area contributed by atoms with Crippen molar-refractivity contribution in [1.82, 2.24) is 14.6 Å². The molecule has 2 aromatic heterocycles. The molecule has 0 unspecified atom stereocenters. The summed E-state index contributed by atoms with van der Waals surface area (Å²) in [4.78, 5) is 4.50. The van der Waals surface area contributed by atoms with Gasteiger partial charge in [0.2, 0.25) is 19.1 Å². The Kier molecular flexibility index (Phi) is 1.45. The summed E-state index contributed by atoms with van der Waals surface area (Å²) in [6.45, 7) is 0. The molecule has 0 aliphatic carbocycles. The van der Waals surface area contributed by atoms with E-state index in [0.29, 0.717) is 4.96 Å². The number of hydrogen-bond donors (Lipinski definition) is 0. The van der Waals surface area contributed by atoms with Gasteiger partial charge >= 0.3 is 0 Å². The molecule has 0 fully saturated rings. The predicted molar refractivity (Wildman–Crippen MR) is 44.0 cm³/mol. The van der Waals surface area contributed by atoms with Crippen LogP contribution < -0.4 is 0 Å². The van der Waals surface area contributed by atoms with Crippen molar-refractivity contribution in [2.24, 2.45) is 0 Å². The highest BCUT2D eigenvalue weighted by atomic mass is 32.2. The normalized spacial score (nSPS) is 12.4. The Morgan fingerprint density at radius 3 is 2.92 bits per heavy atom. The second-order valence-electron chi connectivity index (χ2n) is 2.29. The Bertz CT molecular complexity index is 481. The van der Waals surface area contributed by atoms with Crippen LogP contribution in [0.25, 0.3) is 4.96 Å². The largest absolute Gasteiger partial charge is 0.232 e. The molecule has 2 aromatic rings. The van der Waals surface area contributed by atoms with E-state index in [2.05, 4.69) is 10.1 Å². The lowest BCUT2D eigenvalue weighted by Gasteiger charge is -1.84. The van der Waals surface area contributed by atoms with Gasteiger partial charge in [-0.15, -0.1) is 5.10 Å². The van der Waals surface area contributed by atoms with Crippen LogP contribution in [0.5, 0.6) is 0 Å². The fourth-order valence-electron chi connectivity index (χ4n) is 0.769. The zero-order valence-corrected chi connectivity index (χ0v) is 7.76. The minimum absolute atomic E-state index is 0.102. The molecule has 12 heavy (non-hydrogen) atoms. The summed E-state index contributed by atoms with van der Waals surface area (Å²) in [5, 5.41) is 3.83. The van der Waals surface area contributed by atoms with Gasteiger partial charge in [0, 0.05) is 12.5 Å². The van der Waals surface area contributed by atoms with Gasteiger partial charge in [0.15, 0.2) is 0 Å². The van der Waals surface area contributed by atoms with Gasteiger partial charge in [-0.1, -0.05) is 11.3 Å². The number of hydrogen-bond acceptors (Lipinski definition) is 5. The standard InChI is InChI=1S/C5H5N3O2S2/c1-12(9,10)5-7-8-3-2-6-4(8)11-5/h2-3H,1H3. The van der Waals surface area contributed by atoms with Crippen molar-refractivity contribution in [3.8, 4) is 0 Å². The summed E-state index contributed by atoms with van der Waals surface area (Å²) in [5.74, 6) is 0. The lowest BCUT2D eigenvalue weighted by Crippen LogP contribution is -1.96. The summed E-state index contributed by atoms with van der Waals surface area (Å²) < 4.78 is 23.6. The zero-order valence-electron chi connectivity index (χ0n) is 6.13. The second-order valence-corrected chi connectivity index (χ2v) is 5.44. The average Bonchev–Trinajstić information content (AvgIpc) is 2.37. The van der Waals surface area contributed by atoms with Crippen LogP contribution in [-0.4, -0.2) is 29.3 Å². The van der Waals surface area contributed by atoms with Gasteiger partial charge in [0.05, 0.1) is 6.20 Å². The van der Waals surface area contributed by atoms with Crippen molar-refractivity contribution in [2.75, 3.05) is 6.26 Å². The average molecular weight is 203 g/mol. The van der Waals surface area contributed by atoms with Gasteiger partial charge in [0.1, 0.15) is 0 Å². The Morgan fingerprint density at radius 1 is 1.58 bits per heavy atom. The monoisotopic (exact) mass is 203 g/mol. The van der Waals surface area contributed by atoms with Gasteiger partial charge in [0.25, 0.3) is 0 Å². The quantitative estimate of drug-likeness (QED) is 0.664. The molecule has 0 aliphatic rings. The molecule has 2 rings (SSSR count). The molecule has 0 bridgehead atoms. The van der Waals surface area contributed by atoms with Crippen LogP contribution in [-0.2, 0) is 9.84 Å². The van der Waals surface area contributed by atoms with E-state index in [-0.39, 0.29) is 4.34 Å². The van der Waals surface area contributed by atoms with Crippen LogP contribution in [0, 0.1) is 0 Å². The Hall–Kier alpha value is -0.950. The lowest BCUT2D eigenvalue weighted by atomic mass is 11.0. The van der Waals surface area contributed by atoms with E-state index < -0.39 is 9.84 Å². The molecule has 0 atom stereocenters. The molecule has 0 saturated carbocycles. The highest BCUT2D eigenvalue weighted by molar-refractivity contribution is 7.92. The van der Waals surface area contributed by atoms with Crippen LogP contribution in [0.3, 0.4) is 0 Å². The van der Waals surface area contributed by atoms with Crippen LogP contribution >= 0.6 is 11.3 Å². The SMILES string of the molecule is CS(=O)(=O)c1nn2ccnc2s1. The third kappa shape index (κ3) is 1.10. The van der Waals surface area contributed by atoms with Crippen molar-refractivity contribution in [1.29, 1.82) is 0 Å². The van der Waals surface area contributed by atoms with E-state index >= 15 is 0 Å². The van der Waals surface area contributed by atoms with Gasteiger partial charge in [-0.25, -0.2) is 17.9 Å². The smallest absolute Gasteiger partial charge is 0.226 e. The van der Waals surface area contributed by atoms with E-state index in [1.165, 1.54) is 4.52 Å². The van der Waals surface area contributed by atoms with E-state index in [0.717, 1.165) is 17.6 Å². The fraction of sp³-hybridized carbons (Fsp3) is 0.200. The molecular formula is C5H5N3O2S2. The summed E-state index contributed by atoms with van der Waals surface area (Å²) in [6, 6.07) is 0. The van der Waals surface area contributed by atoms with Gasteiger partial charge in [-0.3, -0.25) is 0 Å². The summed E-state index contributed by atoms with van der Waals surface area (Å²) in [5.41, 5.74) is 0. The molecule has 0 spiro atoms. The van der Waals surface area contributed by atoms with Crippen LogP contribution in [0.4, 0.5) is 0 Å². The van der Waals surface area contributed by atoms with Gasteiger partial charge in [-0.05, 0) is 0 Å². The van der Waals surface area contributed by atoms with Crippen LogP contribution in [0.2, 0.25) is 0 Å². The summed E-state index contributed by atoms with van der Waals surface area (Å²) in [6.07, 6.45) is 4.32. The zero-order chi connectivity index (χ0) is 8.77. The topological polar surface area (TPSA) is 64.3 Å². The third-order valence-electron chi connectivity index (χ3n) is 1.27. The highest BCUT2D eigenvalue weighted by Gasteiger charge is 2.13. The fourth-order valence-corrected chi connectivity index (χ4v) is 2.43. The van der Waals surface area contributed by atoms with Crippen molar-refractivity contribution in [3.05, 3.63) is 12.4 Å². The van der Waals surface area contributed by atoms with Crippen LogP contribution in [0.1, 0.15) is 0 Å². The third-order valence-corrected chi connectivity index (χ3v) is 3.88. The first-order valence-electron chi connectivity index (χ1n) is 3.07. The van der Waals surface area contributed by atoms with Gasteiger partial charge < -0.3 is 0 Å². The first kappa shape index (κ1) is 7.69. The molecule has 7 heteroatoms. The maximum Gasteiger partial charge on any atom is 0.232 e. The number of imidazole rings is 1. The molecular weight excluding hydrogens is 198 g/mol. The van der Waals surface area contributed by atoms with Gasteiger partial charge in [-0.2, -0.15) is 0 Å². The summed E-state index contributed by atoms with van der Waals surface area (Å²) >= 11 is 1.06. The minimum atomic E-state index is -3.19. The molecule has 0 saturated heterocycles. The Balaban J connectivity index is 2.75. The Labute approximate surface area is 72.6 Å². The van der Waals surface area contributed by atoms with Crippen molar-refractivity contribution < 1.29 is 8.42 Å². The van der Waals surface area contributed by atoms with E-state index in [4.69, 9.17) is 0 Å². The minimum Gasteiger partial charge on any atom is -0.226 e. The Morgan fingerprint density at radius 2 is 2.33 bits per heavy atom. The maximum absolute atomic E-state index is 11.0. The number of sulfone groups is 1. The number of rotatable bonds is 1. The summed E-state index contributed by atoms with van der Waals surface area (Å²) in [7, 11) is -3.19. The van der Waals surface area contributed by atoms with Crippen molar-refractivity contribution in [3.63, 3.8) is 0 Å². The highest BCUT2D eigenvalue weighted by Crippen LogP contribution is 2.16. The number of fused-ring (bicyclic) bond motifs is 1. The molecule has 0 N–H and O–H groups in total. The van der Waals surface area contributed by atoms with Crippen LogP contribution in [0.15, 0.2) is 16.7 Å². The number of aromatic nitrogens is 3. The van der Waals surface area contributed by atoms with E-state index in [1.807, 2.05) is 0 Å². The molecule has 2 heterocycles. The molecule has 64 valence electrons. The van der Waals surface area contributed by atoms with E-state index in [1.54, 1.807) is 12.4 Å². The first-order chi connectivity index (χ1) is 5.57. The molecule has 0 amide bonds. The molecule has 0 aliphatic heterocycles. The molecule has 5 nitrogen and oxygen atoms in total. The number of nitrogens with zero attached hydrogens (tertiary/aromatic N) is 3. The predicted octanol–water partition coefficient (Wildman–Crippen LogP) is 0.194.